The molecule has 1 aliphatic heterocycles. The van der Waals surface area contributed by atoms with Crippen LogP contribution in [0.1, 0.15) is 69.4 Å². The highest BCUT2D eigenvalue weighted by molar-refractivity contribution is 5.96. The minimum absolute atomic E-state index is 0.113. The van der Waals surface area contributed by atoms with Crippen molar-refractivity contribution in [2.45, 2.75) is 76.4 Å². The number of hydrogen-bond acceptors (Lipinski definition) is 5. The van der Waals surface area contributed by atoms with Crippen LogP contribution in [0, 0.1) is 11.3 Å². The summed E-state index contributed by atoms with van der Waals surface area (Å²) < 4.78 is 50.3. The molecule has 172 valence electrons. The molecule has 0 aromatic heterocycles. The molecule has 0 saturated carbocycles. The molecule has 9 heteroatoms. The van der Waals surface area contributed by atoms with Crippen molar-refractivity contribution >= 4 is 11.6 Å². The number of benzene rings is 1. The maximum Gasteiger partial charge on any atom is 0.417 e. The van der Waals surface area contributed by atoms with Gasteiger partial charge in [0.15, 0.2) is 6.29 Å². The van der Waals surface area contributed by atoms with Gasteiger partial charge in [0.25, 0.3) is 5.91 Å². The van der Waals surface area contributed by atoms with Crippen molar-refractivity contribution in [2.24, 2.45) is 0 Å². The predicted octanol–water partition coefficient (Wildman–Crippen LogP) is 4.76. The summed E-state index contributed by atoms with van der Waals surface area (Å²) in [7, 11) is 0. The Balaban J connectivity index is 1.74. The van der Waals surface area contributed by atoms with Crippen LogP contribution in [-0.4, -0.2) is 36.1 Å². The average Bonchev–Trinajstić information content (AvgIpc) is 2.73. The molecule has 2 rings (SSSR count). The molecule has 2 N–H and O–H groups in total. The van der Waals surface area contributed by atoms with Crippen LogP contribution < -0.4 is 5.32 Å². The van der Waals surface area contributed by atoms with E-state index < -0.39 is 28.8 Å². The van der Waals surface area contributed by atoms with Gasteiger partial charge in [0.05, 0.1) is 17.2 Å². The second kappa shape index (κ2) is 11.5. The second-order valence-corrected chi connectivity index (χ2v) is 7.93. The summed E-state index contributed by atoms with van der Waals surface area (Å²) in [6.45, 7) is 2.67. The molecule has 0 bridgehead atoms. The Hall–Kier alpha value is -2.15. The third-order valence-corrected chi connectivity index (χ3v) is 5.19. The van der Waals surface area contributed by atoms with Gasteiger partial charge >= 0.3 is 6.18 Å². The van der Waals surface area contributed by atoms with E-state index >= 15 is 0 Å². The Morgan fingerprint density at radius 3 is 2.68 bits per heavy atom. The minimum atomic E-state index is -4.72. The molecule has 1 saturated heterocycles. The lowest BCUT2D eigenvalue weighted by Crippen LogP contribution is -2.40. The second-order valence-electron chi connectivity index (χ2n) is 7.93. The quantitative estimate of drug-likeness (QED) is 0.510. The number of carbonyl (C=O) groups excluding carboxylic acids is 1. The number of rotatable bonds is 10. The van der Waals surface area contributed by atoms with E-state index in [2.05, 4.69) is 5.32 Å². The van der Waals surface area contributed by atoms with Crippen molar-refractivity contribution in [3.8, 4) is 6.07 Å². The van der Waals surface area contributed by atoms with Gasteiger partial charge in [0.1, 0.15) is 5.60 Å². The van der Waals surface area contributed by atoms with Crippen LogP contribution in [0.2, 0.25) is 0 Å². The first-order chi connectivity index (χ1) is 14.6. The smallest absolute Gasteiger partial charge is 0.380 e. The molecule has 31 heavy (non-hydrogen) atoms. The fourth-order valence-electron chi connectivity index (χ4n) is 3.32. The molecule has 0 radical (unpaired) electrons. The Labute approximate surface area is 180 Å². The van der Waals surface area contributed by atoms with Gasteiger partial charge in [-0.25, -0.2) is 0 Å². The van der Waals surface area contributed by atoms with E-state index in [0.29, 0.717) is 19.1 Å². The summed E-state index contributed by atoms with van der Waals surface area (Å²) in [5.74, 6) is -0.789. The van der Waals surface area contributed by atoms with Gasteiger partial charge in [-0.3, -0.25) is 4.79 Å². The van der Waals surface area contributed by atoms with E-state index in [1.54, 1.807) is 0 Å². The molecule has 0 aliphatic carbocycles. The summed E-state index contributed by atoms with van der Waals surface area (Å²) in [6.07, 6.45) is 1.53. The van der Waals surface area contributed by atoms with Crippen molar-refractivity contribution in [3.63, 3.8) is 0 Å². The maximum absolute atomic E-state index is 13.1. The van der Waals surface area contributed by atoms with Crippen molar-refractivity contribution in [1.29, 1.82) is 5.26 Å². The van der Waals surface area contributed by atoms with Crippen LogP contribution in [-0.2, 0) is 20.4 Å². The van der Waals surface area contributed by atoms with Crippen molar-refractivity contribution in [2.75, 3.05) is 18.5 Å². The molecule has 2 unspecified atom stereocenters. The van der Waals surface area contributed by atoms with Crippen LogP contribution in [0.4, 0.5) is 18.9 Å². The zero-order chi connectivity index (χ0) is 22.9. The lowest BCUT2D eigenvalue weighted by Gasteiger charge is -2.23. The molecular formula is C22H29F3N2O4. The van der Waals surface area contributed by atoms with Crippen LogP contribution in [0.15, 0.2) is 18.2 Å². The first kappa shape index (κ1) is 25.1. The number of hydrogen-bond donors (Lipinski definition) is 2. The topological polar surface area (TPSA) is 91.6 Å². The van der Waals surface area contributed by atoms with Crippen molar-refractivity contribution < 1.29 is 32.5 Å². The van der Waals surface area contributed by atoms with Crippen LogP contribution in [0.5, 0.6) is 0 Å². The van der Waals surface area contributed by atoms with E-state index in [-0.39, 0.29) is 18.4 Å². The van der Waals surface area contributed by atoms with E-state index in [1.807, 2.05) is 0 Å². The Bertz CT molecular complexity index is 769. The van der Waals surface area contributed by atoms with Crippen molar-refractivity contribution in [1.82, 2.24) is 0 Å². The number of amides is 1. The number of halogens is 3. The standard InChI is InChI=1S/C22H29F3N2O4/c1-21(29,11-5-2-3-6-12-30-19-8-4-7-13-31-19)20(28)27-17-10-9-16(15-26)18(14-17)22(23,24)25/h9-10,14,19,29H,2-8,11-13H2,1H3,(H,27,28). The van der Waals surface area contributed by atoms with Gasteiger partial charge in [-0.2, -0.15) is 18.4 Å². The number of anilines is 1. The summed E-state index contributed by atoms with van der Waals surface area (Å²) in [4.78, 5) is 12.3. The molecule has 6 nitrogen and oxygen atoms in total. The zero-order valence-corrected chi connectivity index (χ0v) is 17.6. The minimum Gasteiger partial charge on any atom is -0.380 e. The van der Waals surface area contributed by atoms with Crippen LogP contribution in [0.25, 0.3) is 0 Å². The summed E-state index contributed by atoms with van der Waals surface area (Å²) in [5, 5.41) is 21.6. The summed E-state index contributed by atoms with van der Waals surface area (Å²) in [5.41, 5.74) is -3.51. The lowest BCUT2D eigenvalue weighted by molar-refractivity contribution is -0.162. The lowest BCUT2D eigenvalue weighted by atomic mass is 9.96. The van der Waals surface area contributed by atoms with Gasteiger partial charge < -0.3 is 19.9 Å². The fraction of sp³-hybridized carbons (Fsp3) is 0.636. The number of carbonyl (C=O) groups is 1. The highest BCUT2D eigenvalue weighted by Crippen LogP contribution is 2.33. The number of aliphatic hydroxyl groups is 1. The molecule has 1 heterocycles. The molecule has 1 amide bonds. The summed E-state index contributed by atoms with van der Waals surface area (Å²) in [6, 6.07) is 4.38. The van der Waals surface area contributed by atoms with Crippen LogP contribution in [0.3, 0.4) is 0 Å². The van der Waals surface area contributed by atoms with Gasteiger partial charge in [-0.1, -0.05) is 19.3 Å². The average molecular weight is 442 g/mol. The zero-order valence-electron chi connectivity index (χ0n) is 17.6. The monoisotopic (exact) mass is 442 g/mol. The molecule has 1 aromatic rings. The molecule has 2 atom stereocenters. The van der Waals surface area contributed by atoms with E-state index in [9.17, 15) is 23.1 Å². The number of nitrogens with one attached hydrogen (secondary N) is 1. The largest absolute Gasteiger partial charge is 0.417 e. The molecular weight excluding hydrogens is 413 g/mol. The fourth-order valence-corrected chi connectivity index (χ4v) is 3.32. The molecule has 1 fully saturated rings. The first-order valence-corrected chi connectivity index (χ1v) is 10.5. The first-order valence-electron chi connectivity index (χ1n) is 10.5. The number of unbranched alkanes of at least 4 members (excludes halogenated alkanes) is 3. The van der Waals surface area contributed by atoms with E-state index in [4.69, 9.17) is 14.7 Å². The van der Waals surface area contributed by atoms with Gasteiger partial charge in [-0.15, -0.1) is 0 Å². The SMILES string of the molecule is CC(O)(CCCCCCOC1CCCCO1)C(=O)Nc1ccc(C#N)c(C(F)(F)F)c1. The Morgan fingerprint density at radius 2 is 2.03 bits per heavy atom. The Kier molecular flexibility index (Phi) is 9.29. The van der Waals surface area contributed by atoms with Crippen LogP contribution >= 0.6 is 0 Å². The van der Waals surface area contributed by atoms with Gasteiger partial charge in [0.2, 0.25) is 0 Å². The molecule has 1 aromatic carbocycles. The maximum atomic E-state index is 13.1. The third kappa shape index (κ3) is 8.13. The molecule has 0 spiro atoms. The highest BCUT2D eigenvalue weighted by atomic mass is 19.4. The van der Waals surface area contributed by atoms with Gasteiger partial charge in [-0.05, 0) is 57.2 Å². The highest BCUT2D eigenvalue weighted by Gasteiger charge is 2.35. The number of alkyl halides is 3. The Morgan fingerprint density at radius 1 is 1.29 bits per heavy atom. The van der Waals surface area contributed by atoms with E-state index in [1.165, 1.54) is 19.1 Å². The number of ether oxygens (including phenoxy) is 2. The van der Waals surface area contributed by atoms with E-state index in [0.717, 1.165) is 51.2 Å². The molecule has 1 aliphatic rings. The summed E-state index contributed by atoms with van der Waals surface area (Å²) >= 11 is 0. The van der Waals surface area contributed by atoms with Gasteiger partial charge in [0, 0.05) is 18.9 Å². The predicted molar refractivity (Wildman–Crippen MR) is 108 cm³/mol. The normalized spacial score (nSPS) is 18.8. The van der Waals surface area contributed by atoms with Crippen molar-refractivity contribution in [3.05, 3.63) is 29.3 Å². The number of nitrogens with zero attached hydrogens (tertiary/aromatic N) is 1. The number of nitriles is 1. The third-order valence-electron chi connectivity index (χ3n) is 5.19.